The summed E-state index contributed by atoms with van der Waals surface area (Å²) in [6, 6.07) is 0. The zero-order valence-corrected chi connectivity index (χ0v) is 11.0. The fourth-order valence-electron chi connectivity index (χ4n) is 1.47. The Morgan fingerprint density at radius 1 is 1.50 bits per heavy atom. The topological polar surface area (TPSA) is 29.0 Å². The van der Waals surface area contributed by atoms with Gasteiger partial charge in [0.15, 0.2) is 0 Å². The Balaban J connectivity index is 2.10. The van der Waals surface area contributed by atoms with Gasteiger partial charge < -0.3 is 4.90 Å². The first-order valence-electron chi connectivity index (χ1n) is 4.60. The lowest BCUT2D eigenvalue weighted by atomic mass is 10.4. The summed E-state index contributed by atoms with van der Waals surface area (Å²) in [4.78, 5) is 10.9. The van der Waals surface area contributed by atoms with Crippen LogP contribution < -0.4 is 4.90 Å². The highest BCUT2D eigenvalue weighted by Gasteiger charge is 2.18. The van der Waals surface area contributed by atoms with Crippen LogP contribution in [0.1, 0.15) is 6.92 Å². The largest absolute Gasteiger partial charge is 0.339 e. The van der Waals surface area contributed by atoms with Gasteiger partial charge in [0.25, 0.3) is 0 Å². The molecule has 1 saturated heterocycles. The highest BCUT2D eigenvalue weighted by molar-refractivity contribution is 14.1. The van der Waals surface area contributed by atoms with E-state index in [-0.39, 0.29) is 0 Å². The summed E-state index contributed by atoms with van der Waals surface area (Å²) < 4.78 is 1.09. The molecule has 1 unspecified atom stereocenters. The summed E-state index contributed by atoms with van der Waals surface area (Å²) in [5, 5.41) is 0.687. The maximum Gasteiger partial charge on any atom is 0.225 e. The summed E-state index contributed by atoms with van der Waals surface area (Å²) in [7, 11) is 0. The Morgan fingerprint density at radius 3 is 2.86 bits per heavy atom. The molecule has 1 fully saturated rings. The zero-order chi connectivity index (χ0) is 9.97. The lowest BCUT2D eigenvalue weighted by Crippen LogP contribution is -2.37. The van der Waals surface area contributed by atoms with Crippen molar-refractivity contribution >= 4 is 40.3 Å². The van der Waals surface area contributed by atoms with E-state index in [0.717, 1.165) is 22.6 Å². The number of rotatable bonds is 1. The highest BCUT2D eigenvalue weighted by Crippen LogP contribution is 2.20. The average molecular weight is 321 g/mol. The molecular weight excluding hydrogens is 309 g/mol. The molecule has 1 aliphatic rings. The van der Waals surface area contributed by atoms with E-state index in [2.05, 4.69) is 44.4 Å². The van der Waals surface area contributed by atoms with Crippen molar-refractivity contribution in [3.8, 4) is 0 Å². The number of hydrogen-bond donors (Lipinski definition) is 0. The number of nitrogens with zero attached hydrogens (tertiary/aromatic N) is 3. The average Bonchev–Trinajstić information content (AvgIpc) is 2.19. The van der Waals surface area contributed by atoms with Gasteiger partial charge in [0.1, 0.15) is 0 Å². The minimum Gasteiger partial charge on any atom is -0.339 e. The van der Waals surface area contributed by atoms with Crippen LogP contribution in [0.25, 0.3) is 0 Å². The van der Waals surface area contributed by atoms with Crippen LogP contribution in [0.4, 0.5) is 5.95 Å². The van der Waals surface area contributed by atoms with Crippen molar-refractivity contribution in [1.29, 1.82) is 0 Å². The third-order valence-electron chi connectivity index (χ3n) is 2.13. The van der Waals surface area contributed by atoms with Crippen LogP contribution in [-0.2, 0) is 0 Å². The minimum atomic E-state index is 0.687. The Bertz CT molecular complexity index is 303. The first-order valence-corrected chi connectivity index (χ1v) is 6.72. The van der Waals surface area contributed by atoms with Crippen LogP contribution in [0, 0.1) is 3.57 Å². The third kappa shape index (κ3) is 2.50. The van der Waals surface area contributed by atoms with Crippen LogP contribution in [0.5, 0.6) is 0 Å². The van der Waals surface area contributed by atoms with Crippen molar-refractivity contribution in [2.75, 3.05) is 23.7 Å². The van der Waals surface area contributed by atoms with Gasteiger partial charge in [0.05, 0.1) is 0 Å². The van der Waals surface area contributed by atoms with Gasteiger partial charge in [0, 0.05) is 40.1 Å². The van der Waals surface area contributed by atoms with Crippen LogP contribution in [0.15, 0.2) is 12.4 Å². The van der Waals surface area contributed by atoms with E-state index < -0.39 is 0 Å². The second kappa shape index (κ2) is 4.65. The number of aromatic nitrogens is 2. The molecule has 0 aromatic carbocycles. The molecule has 5 heteroatoms. The Morgan fingerprint density at radius 2 is 2.21 bits per heavy atom. The fraction of sp³-hybridized carbons (Fsp3) is 0.556. The van der Waals surface area contributed by atoms with Gasteiger partial charge in [-0.05, 0) is 22.6 Å². The summed E-state index contributed by atoms with van der Waals surface area (Å²) in [5.74, 6) is 2.05. The molecule has 1 atom stereocenters. The molecule has 76 valence electrons. The Hall–Kier alpha value is -0.0400. The summed E-state index contributed by atoms with van der Waals surface area (Å²) >= 11 is 4.24. The summed E-state index contributed by atoms with van der Waals surface area (Å²) in [6.45, 7) is 4.38. The maximum absolute atomic E-state index is 4.33. The van der Waals surface area contributed by atoms with E-state index in [1.54, 1.807) is 0 Å². The first kappa shape index (κ1) is 10.5. The van der Waals surface area contributed by atoms with E-state index in [0.29, 0.717) is 5.25 Å². The van der Waals surface area contributed by atoms with Gasteiger partial charge in [0.2, 0.25) is 5.95 Å². The standard InChI is InChI=1S/C9H12IN3S/c1-7-6-13(2-3-14-7)9-11-4-8(10)5-12-9/h4-5,7H,2-3,6H2,1H3. The second-order valence-corrected chi connectivity index (χ2v) is 6.12. The lowest BCUT2D eigenvalue weighted by molar-refractivity contribution is 0.753. The normalized spacial score (nSPS) is 22.4. The van der Waals surface area contributed by atoms with Crippen molar-refractivity contribution in [2.45, 2.75) is 12.2 Å². The molecule has 2 heterocycles. The zero-order valence-electron chi connectivity index (χ0n) is 7.98. The highest BCUT2D eigenvalue weighted by atomic mass is 127. The number of hydrogen-bond acceptors (Lipinski definition) is 4. The van der Waals surface area contributed by atoms with Gasteiger partial charge in [-0.3, -0.25) is 0 Å². The molecule has 1 aromatic heterocycles. The smallest absolute Gasteiger partial charge is 0.225 e. The number of halogens is 1. The fourth-order valence-corrected chi connectivity index (χ4v) is 2.76. The second-order valence-electron chi connectivity index (χ2n) is 3.33. The van der Waals surface area contributed by atoms with E-state index in [1.165, 1.54) is 5.75 Å². The molecule has 0 bridgehead atoms. The molecule has 0 saturated carbocycles. The van der Waals surface area contributed by atoms with Gasteiger partial charge in [-0.25, -0.2) is 9.97 Å². The molecule has 0 spiro atoms. The van der Waals surface area contributed by atoms with Crippen molar-refractivity contribution < 1.29 is 0 Å². The van der Waals surface area contributed by atoms with E-state index in [4.69, 9.17) is 0 Å². The molecule has 14 heavy (non-hydrogen) atoms. The molecule has 0 amide bonds. The van der Waals surface area contributed by atoms with Crippen molar-refractivity contribution in [2.24, 2.45) is 0 Å². The summed E-state index contributed by atoms with van der Waals surface area (Å²) in [6.07, 6.45) is 3.74. The van der Waals surface area contributed by atoms with Crippen LogP contribution in [-0.4, -0.2) is 34.1 Å². The first-order chi connectivity index (χ1) is 6.75. The van der Waals surface area contributed by atoms with Crippen molar-refractivity contribution in [3.05, 3.63) is 16.0 Å². The number of thioether (sulfide) groups is 1. The van der Waals surface area contributed by atoms with Gasteiger partial charge in [-0.2, -0.15) is 11.8 Å². The van der Waals surface area contributed by atoms with Gasteiger partial charge in [-0.1, -0.05) is 6.92 Å². The van der Waals surface area contributed by atoms with Crippen LogP contribution in [0.3, 0.4) is 0 Å². The lowest BCUT2D eigenvalue weighted by Gasteiger charge is -2.30. The molecule has 3 nitrogen and oxygen atoms in total. The minimum absolute atomic E-state index is 0.687. The monoisotopic (exact) mass is 321 g/mol. The van der Waals surface area contributed by atoms with Crippen molar-refractivity contribution in [3.63, 3.8) is 0 Å². The van der Waals surface area contributed by atoms with Crippen molar-refractivity contribution in [1.82, 2.24) is 9.97 Å². The van der Waals surface area contributed by atoms with E-state index in [9.17, 15) is 0 Å². The Labute approximate surface area is 102 Å². The molecule has 0 aliphatic carbocycles. The molecule has 2 rings (SSSR count). The SMILES string of the molecule is CC1CN(c2ncc(I)cn2)CCS1. The van der Waals surface area contributed by atoms with Gasteiger partial charge in [-0.15, -0.1) is 0 Å². The predicted octanol–water partition coefficient (Wildman–Crippen LogP) is 2.02. The molecule has 0 radical (unpaired) electrons. The third-order valence-corrected chi connectivity index (χ3v) is 3.82. The predicted molar refractivity (Wildman–Crippen MR) is 68.9 cm³/mol. The quantitative estimate of drug-likeness (QED) is 0.740. The van der Waals surface area contributed by atoms with E-state index in [1.807, 2.05) is 24.2 Å². The molecule has 1 aliphatic heterocycles. The van der Waals surface area contributed by atoms with Crippen LogP contribution in [0.2, 0.25) is 0 Å². The Kier molecular flexibility index (Phi) is 3.48. The molecule has 1 aromatic rings. The maximum atomic E-state index is 4.33. The molecule has 0 N–H and O–H groups in total. The van der Waals surface area contributed by atoms with Crippen LogP contribution >= 0.6 is 34.4 Å². The summed E-state index contributed by atoms with van der Waals surface area (Å²) in [5.41, 5.74) is 0. The molecular formula is C9H12IN3S. The van der Waals surface area contributed by atoms with E-state index >= 15 is 0 Å². The number of anilines is 1. The van der Waals surface area contributed by atoms with Gasteiger partial charge >= 0.3 is 0 Å².